The minimum absolute atomic E-state index is 0.00484. The molecule has 2 aliphatic rings. The molecule has 0 aromatic heterocycles. The van der Waals surface area contributed by atoms with Crippen LogP contribution < -0.4 is 5.32 Å². The zero-order valence-corrected chi connectivity index (χ0v) is 29.2. The number of benzene rings is 3. The molecule has 14 heteroatoms. The lowest BCUT2D eigenvalue weighted by molar-refractivity contribution is -0.340. The first-order chi connectivity index (χ1) is 25.2. The standard InChI is InChI=1S/C38H45NO13/c1-24(40)45-23-30-33(52-37-35(50-25(2)41)32(29(42)22-48-37)46-19-26-13-7-4-8-14-26)34(47-20-27-15-9-5-10-16-27)31(36(44-3)51-30)39-38(43)49-21-28-17-11-6-12-18-28/h4-18,29-37,42H,19-23H2,1-3H3,(H,39,43)/t29-,30+,31+,32-,33+,34+,35+,36-,37+/m0/s1. The number of alkyl carbamates (subject to hydrolysis) is 1. The molecule has 0 unspecified atom stereocenters. The Morgan fingerprint density at radius 2 is 1.27 bits per heavy atom. The molecule has 0 bridgehead atoms. The first-order valence-electron chi connectivity index (χ1n) is 16.9. The molecule has 2 N–H and O–H groups in total. The Morgan fingerprint density at radius 3 is 1.81 bits per heavy atom. The zero-order chi connectivity index (χ0) is 36.9. The Labute approximate surface area is 302 Å². The highest BCUT2D eigenvalue weighted by atomic mass is 16.7. The van der Waals surface area contributed by atoms with Crippen LogP contribution >= 0.6 is 0 Å². The minimum Gasteiger partial charge on any atom is -0.463 e. The van der Waals surface area contributed by atoms with E-state index in [9.17, 15) is 19.5 Å². The summed E-state index contributed by atoms with van der Waals surface area (Å²) in [5.74, 6) is -1.25. The van der Waals surface area contributed by atoms with Crippen molar-refractivity contribution in [3.05, 3.63) is 108 Å². The molecule has 14 nitrogen and oxygen atoms in total. The predicted octanol–water partition coefficient (Wildman–Crippen LogP) is 3.42. The first kappa shape index (κ1) is 38.8. The zero-order valence-electron chi connectivity index (χ0n) is 29.2. The van der Waals surface area contributed by atoms with Gasteiger partial charge in [-0.25, -0.2) is 4.79 Å². The van der Waals surface area contributed by atoms with Crippen molar-refractivity contribution in [1.29, 1.82) is 0 Å². The topological polar surface area (TPSA) is 167 Å². The second kappa shape index (κ2) is 19.4. The molecule has 2 heterocycles. The van der Waals surface area contributed by atoms with Crippen LogP contribution in [0, 0.1) is 0 Å². The summed E-state index contributed by atoms with van der Waals surface area (Å²) in [7, 11) is 1.39. The fourth-order valence-corrected chi connectivity index (χ4v) is 5.94. The van der Waals surface area contributed by atoms with E-state index >= 15 is 0 Å². The van der Waals surface area contributed by atoms with Gasteiger partial charge in [-0.15, -0.1) is 0 Å². The summed E-state index contributed by atoms with van der Waals surface area (Å²) < 4.78 is 53.6. The maximum Gasteiger partial charge on any atom is 0.407 e. The quantitative estimate of drug-likeness (QED) is 0.173. The van der Waals surface area contributed by atoms with Gasteiger partial charge in [-0.3, -0.25) is 9.59 Å². The molecule has 2 fully saturated rings. The molecule has 2 aliphatic heterocycles. The van der Waals surface area contributed by atoms with Gasteiger partial charge >= 0.3 is 18.0 Å². The van der Waals surface area contributed by atoms with Gasteiger partial charge in [0.25, 0.3) is 0 Å². The molecule has 3 aromatic rings. The lowest BCUT2D eigenvalue weighted by Gasteiger charge is -2.48. The lowest BCUT2D eigenvalue weighted by Crippen LogP contribution is -2.68. The molecule has 52 heavy (non-hydrogen) atoms. The van der Waals surface area contributed by atoms with Crippen molar-refractivity contribution in [2.45, 2.75) is 88.9 Å². The van der Waals surface area contributed by atoms with Gasteiger partial charge in [-0.05, 0) is 16.7 Å². The highest BCUT2D eigenvalue weighted by Gasteiger charge is 2.53. The number of nitrogens with one attached hydrogen (secondary N) is 1. The SMILES string of the molecule is CO[C@H]1O[C@H](COC(C)=O)[C@@H](O[C@H]2OC[C@H](O)[C@H](OCc3ccccc3)[C@H]2OC(C)=O)[C@H](OCc2ccccc2)[C@H]1NC(=O)OCc1ccccc1. The lowest BCUT2D eigenvalue weighted by atomic mass is 9.95. The van der Waals surface area contributed by atoms with Crippen LogP contribution in [0.5, 0.6) is 0 Å². The van der Waals surface area contributed by atoms with Gasteiger partial charge in [0.1, 0.15) is 49.8 Å². The molecule has 2 saturated heterocycles. The molecule has 0 saturated carbocycles. The fraction of sp³-hybridized carbons (Fsp3) is 0.447. The van der Waals surface area contributed by atoms with Crippen LogP contribution in [0.15, 0.2) is 91.0 Å². The number of amides is 1. The summed E-state index contributed by atoms with van der Waals surface area (Å²) in [6.07, 6.45) is -9.96. The van der Waals surface area contributed by atoms with Crippen LogP contribution in [0.2, 0.25) is 0 Å². The van der Waals surface area contributed by atoms with Crippen LogP contribution in [0.3, 0.4) is 0 Å². The number of aliphatic hydroxyl groups excluding tert-OH is 1. The normalized spacial score (nSPS) is 27.3. The number of methoxy groups -OCH3 is 1. The van der Waals surface area contributed by atoms with E-state index in [4.69, 9.17) is 42.6 Å². The third kappa shape index (κ3) is 11.0. The first-order valence-corrected chi connectivity index (χ1v) is 16.9. The van der Waals surface area contributed by atoms with Crippen molar-refractivity contribution in [3.63, 3.8) is 0 Å². The van der Waals surface area contributed by atoms with Gasteiger partial charge in [0.15, 0.2) is 18.7 Å². The van der Waals surface area contributed by atoms with Crippen molar-refractivity contribution in [1.82, 2.24) is 5.32 Å². The Balaban J connectivity index is 1.45. The van der Waals surface area contributed by atoms with Crippen molar-refractivity contribution in [2.24, 2.45) is 0 Å². The van der Waals surface area contributed by atoms with Crippen LogP contribution in [-0.2, 0) is 72.0 Å². The van der Waals surface area contributed by atoms with E-state index in [1.807, 2.05) is 91.0 Å². The summed E-state index contributed by atoms with van der Waals surface area (Å²) in [4.78, 5) is 37.7. The molecule has 280 valence electrons. The van der Waals surface area contributed by atoms with E-state index in [2.05, 4.69) is 5.32 Å². The number of aliphatic hydroxyl groups is 1. The van der Waals surface area contributed by atoms with E-state index < -0.39 is 73.3 Å². The highest BCUT2D eigenvalue weighted by Crippen LogP contribution is 2.32. The third-order valence-corrected chi connectivity index (χ3v) is 8.39. The number of carbonyl (C=O) groups excluding carboxylic acids is 3. The Kier molecular flexibility index (Phi) is 14.5. The van der Waals surface area contributed by atoms with Gasteiger partial charge in [0, 0.05) is 21.0 Å². The Bertz CT molecular complexity index is 1550. The third-order valence-electron chi connectivity index (χ3n) is 8.39. The van der Waals surface area contributed by atoms with Crippen molar-refractivity contribution in [2.75, 3.05) is 20.3 Å². The monoisotopic (exact) mass is 723 g/mol. The molecular weight excluding hydrogens is 678 g/mol. The summed E-state index contributed by atoms with van der Waals surface area (Å²) in [5, 5.41) is 13.8. The molecule has 1 amide bonds. The minimum atomic E-state index is -1.32. The number of ether oxygens (including phenoxy) is 9. The number of carbonyl (C=O) groups is 3. The van der Waals surface area contributed by atoms with Crippen LogP contribution in [0.4, 0.5) is 4.79 Å². The molecule has 9 atom stereocenters. The van der Waals surface area contributed by atoms with Crippen LogP contribution in [0.1, 0.15) is 30.5 Å². The number of esters is 2. The summed E-state index contributed by atoms with van der Waals surface area (Å²) in [5.41, 5.74) is 2.42. The van der Waals surface area contributed by atoms with Gasteiger partial charge in [0.05, 0.1) is 19.8 Å². The molecule has 0 radical (unpaired) electrons. The maximum atomic E-state index is 13.3. The van der Waals surface area contributed by atoms with Gasteiger partial charge in [-0.2, -0.15) is 0 Å². The average molecular weight is 724 g/mol. The smallest absolute Gasteiger partial charge is 0.407 e. The molecule has 0 spiro atoms. The number of hydrogen-bond acceptors (Lipinski definition) is 13. The summed E-state index contributed by atoms with van der Waals surface area (Å²) >= 11 is 0. The Hall–Kier alpha value is -4.41. The molecule has 5 rings (SSSR count). The van der Waals surface area contributed by atoms with Crippen molar-refractivity contribution in [3.8, 4) is 0 Å². The summed E-state index contributed by atoms with van der Waals surface area (Å²) in [6, 6.07) is 26.7. The second-order valence-corrected chi connectivity index (χ2v) is 12.3. The number of hydrogen-bond donors (Lipinski definition) is 2. The average Bonchev–Trinajstić information content (AvgIpc) is 3.15. The molecule has 3 aromatic carbocycles. The van der Waals surface area contributed by atoms with E-state index in [1.54, 1.807) is 0 Å². The second-order valence-electron chi connectivity index (χ2n) is 12.3. The molecule has 0 aliphatic carbocycles. The molecular formula is C38H45NO13. The maximum absolute atomic E-state index is 13.3. The van der Waals surface area contributed by atoms with Gasteiger partial charge < -0.3 is 53.1 Å². The van der Waals surface area contributed by atoms with E-state index in [0.29, 0.717) is 0 Å². The van der Waals surface area contributed by atoms with Crippen molar-refractivity contribution < 1.29 is 62.1 Å². The van der Waals surface area contributed by atoms with E-state index in [0.717, 1.165) is 16.7 Å². The summed E-state index contributed by atoms with van der Waals surface area (Å²) in [6.45, 7) is 2.11. The van der Waals surface area contributed by atoms with Gasteiger partial charge in [0.2, 0.25) is 0 Å². The van der Waals surface area contributed by atoms with Gasteiger partial charge in [-0.1, -0.05) is 91.0 Å². The van der Waals surface area contributed by atoms with E-state index in [1.165, 1.54) is 21.0 Å². The predicted molar refractivity (Wildman–Crippen MR) is 182 cm³/mol. The number of rotatable bonds is 15. The van der Waals surface area contributed by atoms with E-state index in [-0.39, 0.29) is 33.0 Å². The van der Waals surface area contributed by atoms with Crippen molar-refractivity contribution >= 4 is 18.0 Å². The fourth-order valence-electron chi connectivity index (χ4n) is 5.94. The van der Waals surface area contributed by atoms with Crippen LogP contribution in [-0.4, -0.2) is 98.7 Å². The van der Waals surface area contributed by atoms with Crippen LogP contribution in [0.25, 0.3) is 0 Å². The Morgan fingerprint density at radius 1 is 0.712 bits per heavy atom. The largest absolute Gasteiger partial charge is 0.463 e. The highest BCUT2D eigenvalue weighted by molar-refractivity contribution is 5.68.